The summed E-state index contributed by atoms with van der Waals surface area (Å²) in [5, 5.41) is 9.18. The fourth-order valence-electron chi connectivity index (χ4n) is 0.286. The third kappa shape index (κ3) is 2.03. The minimum atomic E-state index is 0.133. The SMILES string of the molecule is C/C=C(O)\C(Cl)=C/C. The number of allylic oxidation sites excluding steroid dienone is 3. The zero-order valence-electron chi connectivity index (χ0n) is 4.98. The minimum Gasteiger partial charge on any atom is -0.507 e. The highest BCUT2D eigenvalue weighted by molar-refractivity contribution is 6.31. The molecule has 0 aliphatic heterocycles. The van der Waals surface area contributed by atoms with Crippen LogP contribution in [0.5, 0.6) is 0 Å². The Balaban J connectivity index is 4.04. The van der Waals surface area contributed by atoms with Gasteiger partial charge in [-0.15, -0.1) is 0 Å². The molecule has 0 saturated heterocycles. The molecule has 0 bridgehead atoms. The van der Waals surface area contributed by atoms with E-state index in [1.807, 2.05) is 0 Å². The largest absolute Gasteiger partial charge is 0.507 e. The molecule has 0 aromatic carbocycles. The zero-order chi connectivity index (χ0) is 6.57. The van der Waals surface area contributed by atoms with Gasteiger partial charge >= 0.3 is 0 Å². The Bertz CT molecular complexity index is 108. The van der Waals surface area contributed by atoms with E-state index in [0.29, 0.717) is 5.03 Å². The number of halogens is 1. The van der Waals surface area contributed by atoms with Crippen molar-refractivity contribution in [3.05, 3.63) is 22.9 Å². The van der Waals surface area contributed by atoms with Crippen LogP contribution in [0.4, 0.5) is 0 Å². The molecule has 0 amide bonds. The van der Waals surface area contributed by atoms with Crippen molar-refractivity contribution in [1.29, 1.82) is 0 Å². The summed E-state index contributed by atoms with van der Waals surface area (Å²) in [4.78, 5) is 0. The van der Waals surface area contributed by atoms with Crippen LogP contribution in [0.2, 0.25) is 0 Å². The first-order valence-electron chi connectivity index (χ1n) is 2.39. The number of aliphatic hydroxyl groups excluding tert-OH is 1. The lowest BCUT2D eigenvalue weighted by Gasteiger charge is -1.91. The Morgan fingerprint density at radius 2 is 1.88 bits per heavy atom. The van der Waals surface area contributed by atoms with Gasteiger partial charge in [-0.1, -0.05) is 17.7 Å². The quantitative estimate of drug-likeness (QED) is 0.430. The van der Waals surface area contributed by atoms with Crippen molar-refractivity contribution in [2.45, 2.75) is 13.8 Å². The molecular weight excluding hydrogens is 124 g/mol. The predicted octanol–water partition coefficient (Wildman–Crippen LogP) is 2.59. The molecule has 46 valence electrons. The Hall–Kier alpha value is -0.430. The first kappa shape index (κ1) is 7.57. The molecule has 0 aliphatic carbocycles. The summed E-state index contributed by atoms with van der Waals surface area (Å²) in [5.74, 6) is 0.133. The van der Waals surface area contributed by atoms with Gasteiger partial charge in [0.25, 0.3) is 0 Å². The molecule has 0 aromatic rings. The van der Waals surface area contributed by atoms with Crippen LogP contribution in [-0.2, 0) is 0 Å². The zero-order valence-corrected chi connectivity index (χ0v) is 5.74. The Morgan fingerprint density at radius 3 is 2.00 bits per heavy atom. The molecule has 0 fully saturated rings. The standard InChI is InChI=1S/C6H9ClO/c1-3-5(7)6(8)4-2/h3-4,8H,1-2H3/b5-3+,6-4+. The highest BCUT2D eigenvalue weighted by Gasteiger charge is 1.91. The van der Waals surface area contributed by atoms with Gasteiger partial charge in [0.1, 0.15) is 5.76 Å². The second-order valence-corrected chi connectivity index (χ2v) is 1.72. The van der Waals surface area contributed by atoms with E-state index in [2.05, 4.69) is 0 Å². The van der Waals surface area contributed by atoms with E-state index in [1.165, 1.54) is 0 Å². The van der Waals surface area contributed by atoms with Crippen molar-refractivity contribution in [3.63, 3.8) is 0 Å². The number of rotatable bonds is 1. The summed E-state index contributed by atoms with van der Waals surface area (Å²) in [7, 11) is 0. The van der Waals surface area contributed by atoms with E-state index in [4.69, 9.17) is 16.7 Å². The van der Waals surface area contributed by atoms with Gasteiger partial charge in [-0.2, -0.15) is 0 Å². The van der Waals surface area contributed by atoms with Gasteiger partial charge in [0.05, 0.1) is 5.03 Å². The van der Waals surface area contributed by atoms with E-state index < -0.39 is 0 Å². The lowest BCUT2D eigenvalue weighted by molar-refractivity contribution is 0.428. The van der Waals surface area contributed by atoms with Gasteiger partial charge in [0.2, 0.25) is 0 Å². The van der Waals surface area contributed by atoms with Gasteiger partial charge in [-0.3, -0.25) is 0 Å². The molecule has 2 heteroatoms. The van der Waals surface area contributed by atoms with E-state index in [9.17, 15) is 0 Å². The molecule has 0 rings (SSSR count). The van der Waals surface area contributed by atoms with Crippen molar-refractivity contribution in [2.24, 2.45) is 0 Å². The first-order valence-corrected chi connectivity index (χ1v) is 2.77. The normalized spacial score (nSPS) is 14.4. The third-order valence-corrected chi connectivity index (χ3v) is 1.18. The van der Waals surface area contributed by atoms with Crippen molar-refractivity contribution >= 4 is 11.6 Å². The Kier molecular flexibility index (Phi) is 3.37. The average Bonchev–Trinajstić information content (AvgIpc) is 1.84. The molecule has 0 aliphatic rings. The molecule has 0 heterocycles. The molecule has 1 nitrogen and oxygen atoms in total. The van der Waals surface area contributed by atoms with Crippen LogP contribution < -0.4 is 0 Å². The topological polar surface area (TPSA) is 20.2 Å². The highest BCUT2D eigenvalue weighted by atomic mass is 35.5. The molecule has 0 spiro atoms. The smallest absolute Gasteiger partial charge is 0.129 e. The molecule has 0 radical (unpaired) electrons. The van der Waals surface area contributed by atoms with Crippen LogP contribution in [0.15, 0.2) is 22.9 Å². The lowest BCUT2D eigenvalue weighted by Crippen LogP contribution is -1.76. The molecule has 0 saturated carbocycles. The predicted molar refractivity (Wildman–Crippen MR) is 36.0 cm³/mol. The Labute approximate surface area is 54.3 Å². The second kappa shape index (κ2) is 3.56. The van der Waals surface area contributed by atoms with E-state index in [1.54, 1.807) is 26.0 Å². The maximum absolute atomic E-state index is 8.79. The summed E-state index contributed by atoms with van der Waals surface area (Å²) >= 11 is 5.46. The van der Waals surface area contributed by atoms with Crippen molar-refractivity contribution in [3.8, 4) is 0 Å². The van der Waals surface area contributed by atoms with Gasteiger partial charge in [-0.25, -0.2) is 0 Å². The summed E-state index contributed by atoms with van der Waals surface area (Å²) < 4.78 is 0. The van der Waals surface area contributed by atoms with Gasteiger partial charge in [0.15, 0.2) is 0 Å². The minimum absolute atomic E-state index is 0.133. The van der Waals surface area contributed by atoms with Crippen LogP contribution in [0.1, 0.15) is 13.8 Å². The monoisotopic (exact) mass is 132 g/mol. The molecular formula is C6H9ClO. The van der Waals surface area contributed by atoms with Crippen molar-refractivity contribution < 1.29 is 5.11 Å². The number of hydrogen-bond donors (Lipinski definition) is 1. The molecule has 8 heavy (non-hydrogen) atoms. The highest BCUT2D eigenvalue weighted by Crippen LogP contribution is 2.09. The molecule has 1 N–H and O–H groups in total. The van der Waals surface area contributed by atoms with Gasteiger partial charge < -0.3 is 5.11 Å². The van der Waals surface area contributed by atoms with Gasteiger partial charge in [-0.05, 0) is 19.9 Å². The molecule has 0 aromatic heterocycles. The van der Waals surface area contributed by atoms with E-state index >= 15 is 0 Å². The van der Waals surface area contributed by atoms with E-state index in [-0.39, 0.29) is 5.76 Å². The second-order valence-electron chi connectivity index (χ2n) is 1.31. The van der Waals surface area contributed by atoms with Crippen LogP contribution in [0.25, 0.3) is 0 Å². The van der Waals surface area contributed by atoms with Crippen LogP contribution >= 0.6 is 11.6 Å². The van der Waals surface area contributed by atoms with Crippen LogP contribution in [0.3, 0.4) is 0 Å². The summed E-state index contributed by atoms with van der Waals surface area (Å²) in [6.07, 6.45) is 3.18. The maximum Gasteiger partial charge on any atom is 0.129 e. The summed E-state index contributed by atoms with van der Waals surface area (Å²) in [6.45, 7) is 3.49. The molecule has 0 unspecified atom stereocenters. The fraction of sp³-hybridized carbons (Fsp3) is 0.333. The fourth-order valence-corrected chi connectivity index (χ4v) is 0.395. The number of aliphatic hydroxyl groups is 1. The average molecular weight is 133 g/mol. The third-order valence-electron chi connectivity index (χ3n) is 0.772. The van der Waals surface area contributed by atoms with Crippen molar-refractivity contribution in [2.75, 3.05) is 0 Å². The van der Waals surface area contributed by atoms with Crippen molar-refractivity contribution in [1.82, 2.24) is 0 Å². The van der Waals surface area contributed by atoms with Crippen LogP contribution in [-0.4, -0.2) is 5.11 Å². The molecule has 0 atom stereocenters. The summed E-state index contributed by atoms with van der Waals surface area (Å²) in [6, 6.07) is 0. The first-order chi connectivity index (χ1) is 3.72. The summed E-state index contributed by atoms with van der Waals surface area (Å²) in [5.41, 5.74) is 0. The number of hydrogen-bond acceptors (Lipinski definition) is 1. The Morgan fingerprint density at radius 1 is 1.38 bits per heavy atom. The van der Waals surface area contributed by atoms with E-state index in [0.717, 1.165) is 0 Å². The van der Waals surface area contributed by atoms with Crippen LogP contribution in [0, 0.1) is 0 Å². The lowest BCUT2D eigenvalue weighted by atomic mass is 10.4. The van der Waals surface area contributed by atoms with Gasteiger partial charge in [0, 0.05) is 0 Å². The maximum atomic E-state index is 8.79.